The van der Waals surface area contributed by atoms with Crippen molar-refractivity contribution in [2.45, 2.75) is 25.4 Å². The molecule has 2 aliphatic heterocycles. The summed E-state index contributed by atoms with van der Waals surface area (Å²) >= 11 is 0. The van der Waals surface area contributed by atoms with Gasteiger partial charge in [0.1, 0.15) is 0 Å². The standard InChI is InChI=1S/C21H28N6O2/c28-21(24-18-6-3-10-27(16-18)20-22-8-4-9-23-20)25-19-7-2-1-5-17(19)15-26-11-13-29-14-12-26/h1-2,4-5,7-9,18H,3,6,10-16H2,(H2,24,25,28). The van der Waals surface area contributed by atoms with Gasteiger partial charge < -0.3 is 20.3 Å². The molecule has 0 bridgehead atoms. The number of nitrogens with one attached hydrogen (secondary N) is 2. The molecule has 1 atom stereocenters. The molecule has 2 aromatic rings. The molecule has 0 spiro atoms. The molecule has 3 heterocycles. The molecule has 2 aliphatic rings. The molecule has 4 rings (SSSR count). The highest BCUT2D eigenvalue weighted by Crippen LogP contribution is 2.19. The number of amides is 2. The molecule has 154 valence electrons. The quantitative estimate of drug-likeness (QED) is 0.805. The van der Waals surface area contributed by atoms with E-state index >= 15 is 0 Å². The lowest BCUT2D eigenvalue weighted by Gasteiger charge is -2.33. The third kappa shape index (κ3) is 5.42. The SMILES string of the molecule is O=C(Nc1ccccc1CN1CCOCC1)NC1CCCN(c2ncccn2)C1. The van der Waals surface area contributed by atoms with Crippen LogP contribution in [0.15, 0.2) is 42.7 Å². The Labute approximate surface area is 171 Å². The van der Waals surface area contributed by atoms with Crippen molar-refractivity contribution in [1.82, 2.24) is 20.2 Å². The fraction of sp³-hybridized carbons (Fsp3) is 0.476. The van der Waals surface area contributed by atoms with Crippen molar-refractivity contribution in [2.24, 2.45) is 0 Å². The molecule has 8 heteroatoms. The van der Waals surface area contributed by atoms with E-state index < -0.39 is 0 Å². The highest BCUT2D eigenvalue weighted by molar-refractivity contribution is 5.90. The molecule has 2 saturated heterocycles. The first-order valence-corrected chi connectivity index (χ1v) is 10.3. The van der Waals surface area contributed by atoms with Crippen molar-refractivity contribution < 1.29 is 9.53 Å². The van der Waals surface area contributed by atoms with Crippen molar-refractivity contribution in [3.05, 3.63) is 48.3 Å². The van der Waals surface area contributed by atoms with Crippen molar-refractivity contribution in [1.29, 1.82) is 0 Å². The van der Waals surface area contributed by atoms with Gasteiger partial charge in [0.15, 0.2) is 0 Å². The van der Waals surface area contributed by atoms with Gasteiger partial charge in [-0.15, -0.1) is 0 Å². The van der Waals surface area contributed by atoms with Crippen LogP contribution in [0.25, 0.3) is 0 Å². The smallest absolute Gasteiger partial charge is 0.319 e. The summed E-state index contributed by atoms with van der Waals surface area (Å²) in [6, 6.07) is 9.70. The minimum atomic E-state index is -0.166. The van der Waals surface area contributed by atoms with Crippen LogP contribution >= 0.6 is 0 Å². The average Bonchev–Trinajstić information content (AvgIpc) is 2.77. The molecule has 1 unspecified atom stereocenters. The van der Waals surface area contributed by atoms with Crippen LogP contribution < -0.4 is 15.5 Å². The molecule has 0 aliphatic carbocycles. The summed E-state index contributed by atoms with van der Waals surface area (Å²) in [4.78, 5) is 25.8. The first-order chi connectivity index (χ1) is 14.3. The summed E-state index contributed by atoms with van der Waals surface area (Å²) in [5.41, 5.74) is 1.98. The van der Waals surface area contributed by atoms with Crippen LogP contribution in [0.1, 0.15) is 18.4 Å². The molecule has 8 nitrogen and oxygen atoms in total. The Hall–Kier alpha value is -2.71. The lowest BCUT2D eigenvalue weighted by Crippen LogP contribution is -2.49. The zero-order valence-electron chi connectivity index (χ0n) is 16.6. The Morgan fingerprint density at radius 3 is 2.72 bits per heavy atom. The Morgan fingerprint density at radius 2 is 1.90 bits per heavy atom. The predicted octanol–water partition coefficient (Wildman–Crippen LogP) is 2.10. The van der Waals surface area contributed by atoms with Crippen molar-refractivity contribution in [2.75, 3.05) is 49.6 Å². The number of piperidine rings is 1. The van der Waals surface area contributed by atoms with Crippen LogP contribution in [-0.2, 0) is 11.3 Å². The second-order valence-corrected chi connectivity index (χ2v) is 7.48. The fourth-order valence-electron chi connectivity index (χ4n) is 3.86. The van der Waals surface area contributed by atoms with Gasteiger partial charge in [0.25, 0.3) is 0 Å². The zero-order chi connectivity index (χ0) is 19.9. The van der Waals surface area contributed by atoms with Crippen LogP contribution in [0.3, 0.4) is 0 Å². The average molecular weight is 396 g/mol. The van der Waals surface area contributed by atoms with E-state index in [1.165, 1.54) is 0 Å². The van der Waals surface area contributed by atoms with E-state index in [1.807, 2.05) is 24.3 Å². The predicted molar refractivity (Wildman–Crippen MR) is 112 cm³/mol. The summed E-state index contributed by atoms with van der Waals surface area (Å²) in [6.45, 7) is 5.79. The lowest BCUT2D eigenvalue weighted by atomic mass is 10.1. The van der Waals surface area contributed by atoms with Gasteiger partial charge in [-0.1, -0.05) is 18.2 Å². The van der Waals surface area contributed by atoms with E-state index in [2.05, 4.69) is 36.5 Å². The van der Waals surface area contributed by atoms with E-state index in [1.54, 1.807) is 12.4 Å². The third-order valence-corrected chi connectivity index (χ3v) is 5.35. The topological polar surface area (TPSA) is 82.6 Å². The molecular weight excluding hydrogens is 368 g/mol. The number of morpholine rings is 1. The largest absolute Gasteiger partial charge is 0.379 e. The maximum absolute atomic E-state index is 12.7. The number of para-hydroxylation sites is 1. The van der Waals surface area contributed by atoms with E-state index in [-0.39, 0.29) is 12.1 Å². The van der Waals surface area contributed by atoms with Gasteiger partial charge in [-0.25, -0.2) is 14.8 Å². The molecule has 2 fully saturated rings. The van der Waals surface area contributed by atoms with Gasteiger partial charge in [0.05, 0.1) is 13.2 Å². The number of nitrogens with zero attached hydrogens (tertiary/aromatic N) is 4. The summed E-state index contributed by atoms with van der Waals surface area (Å²) in [5.74, 6) is 0.718. The van der Waals surface area contributed by atoms with Gasteiger partial charge >= 0.3 is 6.03 Å². The maximum Gasteiger partial charge on any atom is 0.319 e. The maximum atomic E-state index is 12.7. The number of anilines is 2. The number of carbonyl (C=O) groups is 1. The number of urea groups is 1. The molecule has 1 aromatic heterocycles. The third-order valence-electron chi connectivity index (χ3n) is 5.35. The molecule has 2 amide bonds. The van der Waals surface area contributed by atoms with Crippen LogP contribution in [0, 0.1) is 0 Å². The Balaban J connectivity index is 1.33. The number of benzene rings is 1. The second kappa shape index (κ2) is 9.67. The Kier molecular flexibility index (Phi) is 6.53. The summed E-state index contributed by atoms with van der Waals surface area (Å²) in [5, 5.41) is 6.16. The zero-order valence-corrected chi connectivity index (χ0v) is 16.6. The first kappa shape index (κ1) is 19.6. The second-order valence-electron chi connectivity index (χ2n) is 7.48. The first-order valence-electron chi connectivity index (χ1n) is 10.3. The minimum Gasteiger partial charge on any atom is -0.379 e. The van der Waals surface area contributed by atoms with Crippen molar-refractivity contribution in [3.8, 4) is 0 Å². The van der Waals surface area contributed by atoms with Crippen molar-refractivity contribution in [3.63, 3.8) is 0 Å². The van der Waals surface area contributed by atoms with Gasteiger partial charge in [-0.2, -0.15) is 0 Å². The number of carbonyl (C=O) groups excluding carboxylic acids is 1. The van der Waals surface area contributed by atoms with E-state index in [0.29, 0.717) is 6.54 Å². The summed E-state index contributed by atoms with van der Waals surface area (Å²) < 4.78 is 5.42. The van der Waals surface area contributed by atoms with Crippen LogP contribution in [-0.4, -0.2) is 66.3 Å². The highest BCUT2D eigenvalue weighted by Gasteiger charge is 2.23. The highest BCUT2D eigenvalue weighted by atomic mass is 16.5. The Bertz CT molecular complexity index is 797. The van der Waals surface area contributed by atoms with Crippen LogP contribution in [0.2, 0.25) is 0 Å². The van der Waals surface area contributed by atoms with E-state index in [4.69, 9.17) is 4.74 Å². The molecule has 0 saturated carbocycles. The number of aromatic nitrogens is 2. The van der Waals surface area contributed by atoms with Crippen LogP contribution in [0.4, 0.5) is 16.4 Å². The Morgan fingerprint density at radius 1 is 1.10 bits per heavy atom. The number of ether oxygens (including phenoxy) is 1. The van der Waals surface area contributed by atoms with E-state index in [0.717, 1.165) is 69.4 Å². The molecule has 1 aromatic carbocycles. The minimum absolute atomic E-state index is 0.0685. The molecule has 0 radical (unpaired) electrons. The fourth-order valence-corrected chi connectivity index (χ4v) is 3.86. The molecule has 29 heavy (non-hydrogen) atoms. The van der Waals surface area contributed by atoms with Crippen LogP contribution in [0.5, 0.6) is 0 Å². The normalized spacial score (nSPS) is 20.3. The van der Waals surface area contributed by atoms with Gasteiger partial charge in [0, 0.05) is 56.8 Å². The number of rotatable bonds is 5. The number of hydrogen-bond acceptors (Lipinski definition) is 6. The van der Waals surface area contributed by atoms with E-state index in [9.17, 15) is 4.79 Å². The number of hydrogen-bond donors (Lipinski definition) is 2. The van der Waals surface area contributed by atoms with Gasteiger partial charge in [0.2, 0.25) is 5.95 Å². The monoisotopic (exact) mass is 396 g/mol. The summed E-state index contributed by atoms with van der Waals surface area (Å²) in [6.07, 6.45) is 5.44. The van der Waals surface area contributed by atoms with Gasteiger partial charge in [-0.3, -0.25) is 4.90 Å². The molecule has 2 N–H and O–H groups in total. The summed E-state index contributed by atoms with van der Waals surface area (Å²) in [7, 11) is 0. The lowest BCUT2D eigenvalue weighted by molar-refractivity contribution is 0.0343. The molecular formula is C21H28N6O2. The van der Waals surface area contributed by atoms with Gasteiger partial charge in [-0.05, 0) is 30.5 Å². The van der Waals surface area contributed by atoms with Crippen molar-refractivity contribution >= 4 is 17.7 Å².